The lowest BCUT2D eigenvalue weighted by molar-refractivity contribution is 0.0240. The molecule has 0 saturated carbocycles. The number of pyridine rings is 1. The summed E-state index contributed by atoms with van der Waals surface area (Å²) in [5, 5.41) is 7.80. The SMILES string of the molecule is CC#N.Cc1cc(Cl)c(N)c(-c2ncc3c(N4CCN(C(=O)OC(C)(C)C)CC4)ncnc3c2F)c1F. The van der Waals surface area contributed by atoms with Gasteiger partial charge in [-0.15, -0.1) is 0 Å². The van der Waals surface area contributed by atoms with Crippen molar-refractivity contribution in [1.29, 1.82) is 5.26 Å². The topological polar surface area (TPSA) is 121 Å². The number of fused-ring (bicyclic) bond motifs is 1. The maximum absolute atomic E-state index is 15.5. The standard InChI is InChI=1S/C23H25ClF2N6O2.C2H3N/c1-12-9-14(24)18(27)15(16(12)25)20-17(26)19-13(10-28-20)21(30-11-29-19)31-5-7-32(8-6-31)22(33)34-23(2,3)4;1-2-3/h9-11H,5-8,27H2,1-4H3;1H3. The third-order valence-corrected chi connectivity index (χ3v) is 5.82. The lowest BCUT2D eigenvalue weighted by Crippen LogP contribution is -2.50. The van der Waals surface area contributed by atoms with Crippen LogP contribution in [0.15, 0.2) is 18.6 Å². The van der Waals surface area contributed by atoms with E-state index in [1.165, 1.54) is 32.4 Å². The number of ether oxygens (including phenoxy) is 1. The van der Waals surface area contributed by atoms with Crippen LogP contribution >= 0.6 is 11.6 Å². The molecule has 1 saturated heterocycles. The quantitative estimate of drug-likeness (QED) is 0.453. The summed E-state index contributed by atoms with van der Waals surface area (Å²) in [5.41, 5.74) is 5.02. The fourth-order valence-corrected chi connectivity index (χ4v) is 4.09. The summed E-state index contributed by atoms with van der Waals surface area (Å²) in [5.74, 6) is -1.04. The fraction of sp³-hybridized carbons (Fsp3) is 0.400. The molecule has 1 aliphatic rings. The predicted molar refractivity (Wildman–Crippen MR) is 138 cm³/mol. The highest BCUT2D eigenvalue weighted by Gasteiger charge is 2.28. The van der Waals surface area contributed by atoms with Gasteiger partial charge >= 0.3 is 6.09 Å². The first-order valence-electron chi connectivity index (χ1n) is 11.5. The Kier molecular flexibility index (Phi) is 8.33. The van der Waals surface area contributed by atoms with Crippen LogP contribution in [0.4, 0.5) is 25.1 Å². The number of halogens is 3. The van der Waals surface area contributed by atoms with Crippen molar-refractivity contribution in [3.63, 3.8) is 0 Å². The molecule has 0 atom stereocenters. The number of hydrogen-bond donors (Lipinski definition) is 1. The Morgan fingerprint density at radius 1 is 1.16 bits per heavy atom. The zero-order valence-electron chi connectivity index (χ0n) is 21.3. The van der Waals surface area contributed by atoms with Crippen molar-refractivity contribution < 1.29 is 18.3 Å². The van der Waals surface area contributed by atoms with E-state index in [9.17, 15) is 9.18 Å². The smallest absolute Gasteiger partial charge is 0.410 e. The third kappa shape index (κ3) is 5.97. The number of carbonyl (C=O) groups is 1. The summed E-state index contributed by atoms with van der Waals surface area (Å²) in [6, 6.07) is 3.13. The monoisotopic (exact) mass is 531 g/mol. The molecule has 0 aliphatic carbocycles. The molecule has 3 aromatic rings. The van der Waals surface area contributed by atoms with Crippen LogP contribution in [0.1, 0.15) is 33.3 Å². The summed E-state index contributed by atoms with van der Waals surface area (Å²) in [7, 11) is 0. The number of anilines is 2. The van der Waals surface area contributed by atoms with E-state index < -0.39 is 17.2 Å². The Labute approximate surface area is 218 Å². The molecule has 0 radical (unpaired) electrons. The molecule has 37 heavy (non-hydrogen) atoms. The minimum atomic E-state index is -0.819. The fourth-order valence-electron chi connectivity index (χ4n) is 3.83. The number of nitrogens with zero attached hydrogens (tertiary/aromatic N) is 6. The minimum Gasteiger partial charge on any atom is -0.444 e. The van der Waals surface area contributed by atoms with Crippen molar-refractivity contribution >= 4 is 40.1 Å². The average Bonchev–Trinajstić information content (AvgIpc) is 2.83. The molecule has 0 unspecified atom stereocenters. The molecule has 0 bridgehead atoms. The molecule has 0 spiro atoms. The first kappa shape index (κ1) is 27.8. The Bertz CT molecular complexity index is 1340. The number of piperazine rings is 1. The summed E-state index contributed by atoms with van der Waals surface area (Å²) in [6.45, 7) is 10.1. The molecule has 12 heteroatoms. The first-order chi connectivity index (χ1) is 17.4. The predicted octanol–water partition coefficient (Wildman–Crippen LogP) is 5.10. The van der Waals surface area contributed by atoms with Gasteiger partial charge in [-0.1, -0.05) is 11.6 Å². The van der Waals surface area contributed by atoms with Gasteiger partial charge < -0.3 is 20.3 Å². The van der Waals surface area contributed by atoms with Gasteiger partial charge in [0.15, 0.2) is 5.82 Å². The van der Waals surface area contributed by atoms with Gasteiger partial charge in [0, 0.05) is 39.3 Å². The van der Waals surface area contributed by atoms with Gasteiger partial charge in [0.2, 0.25) is 0 Å². The Morgan fingerprint density at radius 2 is 1.78 bits per heavy atom. The molecule has 3 heterocycles. The van der Waals surface area contributed by atoms with Crippen LogP contribution < -0.4 is 10.6 Å². The van der Waals surface area contributed by atoms with Crippen LogP contribution in [0.3, 0.4) is 0 Å². The van der Waals surface area contributed by atoms with Crippen molar-refractivity contribution in [2.24, 2.45) is 0 Å². The third-order valence-electron chi connectivity index (χ3n) is 5.50. The number of nitrogen functional groups attached to an aromatic ring is 1. The maximum Gasteiger partial charge on any atom is 0.410 e. The van der Waals surface area contributed by atoms with E-state index in [1.54, 1.807) is 11.0 Å². The van der Waals surface area contributed by atoms with Gasteiger partial charge in [-0.05, 0) is 39.3 Å². The summed E-state index contributed by atoms with van der Waals surface area (Å²) in [6.07, 6.45) is 2.26. The highest BCUT2D eigenvalue weighted by atomic mass is 35.5. The molecular formula is C25H28ClF2N7O2. The number of aryl methyl sites for hydroxylation is 1. The number of rotatable bonds is 2. The van der Waals surface area contributed by atoms with Crippen molar-refractivity contribution in [3.05, 3.63) is 40.8 Å². The molecule has 196 valence electrons. The number of nitriles is 1. The van der Waals surface area contributed by atoms with Gasteiger partial charge in [0.05, 0.1) is 27.7 Å². The summed E-state index contributed by atoms with van der Waals surface area (Å²) < 4.78 is 35.8. The number of aromatic nitrogens is 3. The van der Waals surface area contributed by atoms with Crippen molar-refractivity contribution in [2.75, 3.05) is 36.8 Å². The van der Waals surface area contributed by atoms with Gasteiger partial charge in [-0.25, -0.2) is 23.5 Å². The molecule has 2 N–H and O–H groups in total. The zero-order valence-corrected chi connectivity index (χ0v) is 22.0. The Hall–Kier alpha value is -3.78. The lowest BCUT2D eigenvalue weighted by Gasteiger charge is -2.36. The number of nitrogens with two attached hydrogens (primary N) is 1. The second-order valence-corrected chi connectivity index (χ2v) is 9.74. The van der Waals surface area contributed by atoms with E-state index in [0.29, 0.717) is 37.4 Å². The van der Waals surface area contributed by atoms with Gasteiger partial charge in [0.1, 0.15) is 34.8 Å². The van der Waals surface area contributed by atoms with Crippen LogP contribution in [0.2, 0.25) is 5.02 Å². The summed E-state index contributed by atoms with van der Waals surface area (Å²) >= 11 is 6.10. The Balaban J connectivity index is 0.00000121. The second kappa shape index (κ2) is 11.1. The molecule has 1 aliphatic heterocycles. The number of amides is 1. The van der Waals surface area contributed by atoms with Crippen LogP contribution in [-0.4, -0.2) is 57.7 Å². The molecule has 9 nitrogen and oxygen atoms in total. The molecular weight excluding hydrogens is 504 g/mol. The van der Waals surface area contributed by atoms with E-state index in [2.05, 4.69) is 15.0 Å². The highest BCUT2D eigenvalue weighted by molar-refractivity contribution is 6.33. The van der Waals surface area contributed by atoms with E-state index in [1.807, 2.05) is 25.7 Å². The molecule has 1 amide bonds. The Morgan fingerprint density at radius 3 is 2.38 bits per heavy atom. The number of benzene rings is 1. The maximum atomic E-state index is 15.5. The largest absolute Gasteiger partial charge is 0.444 e. The second-order valence-electron chi connectivity index (χ2n) is 9.34. The number of carbonyl (C=O) groups excluding carboxylic acids is 1. The highest BCUT2D eigenvalue weighted by Crippen LogP contribution is 2.38. The van der Waals surface area contributed by atoms with Gasteiger partial charge in [-0.2, -0.15) is 5.26 Å². The van der Waals surface area contributed by atoms with E-state index >= 15 is 4.39 Å². The van der Waals surface area contributed by atoms with E-state index in [4.69, 9.17) is 27.3 Å². The van der Waals surface area contributed by atoms with Crippen molar-refractivity contribution in [3.8, 4) is 17.3 Å². The van der Waals surface area contributed by atoms with Crippen molar-refractivity contribution in [2.45, 2.75) is 40.2 Å². The van der Waals surface area contributed by atoms with Crippen LogP contribution in [-0.2, 0) is 4.74 Å². The number of hydrogen-bond acceptors (Lipinski definition) is 8. The minimum absolute atomic E-state index is 0.0130. The molecule has 1 fully saturated rings. The van der Waals surface area contributed by atoms with Crippen LogP contribution in [0, 0.1) is 29.9 Å². The molecule has 2 aromatic heterocycles. The van der Waals surface area contributed by atoms with E-state index in [0.717, 1.165) is 0 Å². The van der Waals surface area contributed by atoms with Gasteiger partial charge in [-0.3, -0.25) is 4.98 Å². The van der Waals surface area contributed by atoms with Crippen LogP contribution in [0.25, 0.3) is 22.2 Å². The summed E-state index contributed by atoms with van der Waals surface area (Å²) in [4.78, 5) is 28.5. The molecule has 1 aromatic carbocycles. The molecule has 4 rings (SSSR count). The lowest BCUT2D eigenvalue weighted by atomic mass is 10.0. The zero-order chi connectivity index (χ0) is 27.5. The average molecular weight is 532 g/mol. The van der Waals surface area contributed by atoms with Gasteiger partial charge in [0.25, 0.3) is 0 Å². The van der Waals surface area contributed by atoms with Crippen molar-refractivity contribution in [1.82, 2.24) is 19.9 Å². The first-order valence-corrected chi connectivity index (χ1v) is 11.8. The van der Waals surface area contributed by atoms with Crippen LogP contribution in [0.5, 0.6) is 0 Å². The van der Waals surface area contributed by atoms with E-state index in [-0.39, 0.29) is 39.1 Å². The normalized spacial score (nSPS) is 13.6.